The lowest BCUT2D eigenvalue weighted by atomic mass is 9.93. The van der Waals surface area contributed by atoms with Crippen molar-refractivity contribution in [3.8, 4) is 0 Å². The number of hydrogen-bond donors (Lipinski definition) is 1. The first-order chi connectivity index (χ1) is 18.3. The topological polar surface area (TPSA) is 37.5 Å². The zero-order valence-electron chi connectivity index (χ0n) is 20.0. The Kier molecular flexibility index (Phi) is 4.29. The van der Waals surface area contributed by atoms with Crippen molar-refractivity contribution in [3.63, 3.8) is 0 Å². The molecule has 0 aliphatic carbocycles. The van der Waals surface area contributed by atoms with E-state index in [1.807, 2.05) is 18.2 Å². The molecule has 1 atom stereocenters. The molecule has 37 heavy (non-hydrogen) atoms. The van der Waals surface area contributed by atoms with Crippen molar-refractivity contribution >= 4 is 54.9 Å². The van der Waals surface area contributed by atoms with Gasteiger partial charge in [0.15, 0.2) is 0 Å². The second kappa shape index (κ2) is 7.81. The standard InChI is InChI=1S/C34H22N2O/c1-2-10-23(11-3-1)31-28-20-17-21-9-4-5-13-24(21)32(28)36-34(35-31)27-15-8-12-22-18-19-26-25-14-6-7-16-29(25)37-33(26)30(22)27/h1-20,34,36H. The Morgan fingerprint density at radius 1 is 0.595 bits per heavy atom. The molecule has 0 fully saturated rings. The summed E-state index contributed by atoms with van der Waals surface area (Å²) in [5.41, 5.74) is 7.27. The van der Waals surface area contributed by atoms with Gasteiger partial charge in [-0.1, -0.05) is 109 Å². The number of para-hydroxylation sites is 1. The highest BCUT2D eigenvalue weighted by Gasteiger charge is 2.26. The molecule has 1 N–H and O–H groups in total. The SMILES string of the molecule is c1ccc(C2=NC(c3cccc4ccc5c6ccccc6oc5c34)Nc3c2ccc2ccccc32)cc1. The van der Waals surface area contributed by atoms with Crippen molar-refractivity contribution in [2.45, 2.75) is 6.17 Å². The van der Waals surface area contributed by atoms with Gasteiger partial charge in [0, 0.05) is 38.2 Å². The largest absolute Gasteiger partial charge is 0.455 e. The molecule has 0 spiro atoms. The molecular weight excluding hydrogens is 452 g/mol. The van der Waals surface area contributed by atoms with Gasteiger partial charge in [-0.15, -0.1) is 0 Å². The van der Waals surface area contributed by atoms with E-state index in [0.29, 0.717) is 0 Å². The second-order valence-electron chi connectivity index (χ2n) is 9.59. The van der Waals surface area contributed by atoms with Gasteiger partial charge in [-0.2, -0.15) is 0 Å². The van der Waals surface area contributed by atoms with Gasteiger partial charge in [-0.3, -0.25) is 4.99 Å². The van der Waals surface area contributed by atoms with Crippen LogP contribution in [-0.2, 0) is 0 Å². The van der Waals surface area contributed by atoms with Gasteiger partial charge < -0.3 is 9.73 Å². The predicted octanol–water partition coefficient (Wildman–Crippen LogP) is 8.85. The smallest absolute Gasteiger partial charge is 0.146 e. The zero-order valence-corrected chi connectivity index (χ0v) is 20.0. The number of furan rings is 1. The van der Waals surface area contributed by atoms with E-state index < -0.39 is 0 Å². The summed E-state index contributed by atoms with van der Waals surface area (Å²) in [4.78, 5) is 5.35. The third-order valence-electron chi connectivity index (χ3n) is 7.48. The molecule has 0 bridgehead atoms. The fourth-order valence-electron chi connectivity index (χ4n) is 5.77. The van der Waals surface area contributed by atoms with Crippen LogP contribution in [0.5, 0.6) is 0 Å². The Bertz CT molecular complexity index is 2020. The third-order valence-corrected chi connectivity index (χ3v) is 7.48. The van der Waals surface area contributed by atoms with Gasteiger partial charge in [0.25, 0.3) is 0 Å². The molecule has 0 radical (unpaired) electrons. The van der Waals surface area contributed by atoms with Crippen LogP contribution in [-0.4, -0.2) is 5.71 Å². The molecule has 7 aromatic rings. The van der Waals surface area contributed by atoms with E-state index in [1.165, 1.54) is 10.8 Å². The van der Waals surface area contributed by atoms with Crippen molar-refractivity contribution in [2.75, 3.05) is 5.32 Å². The summed E-state index contributed by atoms with van der Waals surface area (Å²) in [7, 11) is 0. The molecule has 0 saturated heterocycles. The summed E-state index contributed by atoms with van der Waals surface area (Å²) in [6, 6.07) is 42.4. The van der Waals surface area contributed by atoms with Crippen LogP contribution in [0.15, 0.2) is 131 Å². The number of aliphatic imine (C=N–C) groups is 1. The Labute approximate surface area is 213 Å². The number of fused-ring (bicyclic) bond motifs is 8. The Morgan fingerprint density at radius 3 is 2.27 bits per heavy atom. The Hall–Kier alpha value is -4.89. The maximum absolute atomic E-state index is 6.47. The monoisotopic (exact) mass is 474 g/mol. The highest BCUT2D eigenvalue weighted by Crippen LogP contribution is 2.42. The van der Waals surface area contributed by atoms with Crippen molar-refractivity contribution in [3.05, 3.63) is 138 Å². The van der Waals surface area contributed by atoms with Gasteiger partial charge in [0.2, 0.25) is 0 Å². The van der Waals surface area contributed by atoms with E-state index in [-0.39, 0.29) is 6.17 Å². The Morgan fingerprint density at radius 2 is 1.35 bits per heavy atom. The summed E-state index contributed by atoms with van der Waals surface area (Å²) in [6.45, 7) is 0. The van der Waals surface area contributed by atoms with E-state index in [4.69, 9.17) is 9.41 Å². The maximum Gasteiger partial charge on any atom is 0.146 e. The molecule has 2 heterocycles. The molecule has 1 aromatic heterocycles. The highest BCUT2D eigenvalue weighted by molar-refractivity contribution is 6.21. The summed E-state index contributed by atoms with van der Waals surface area (Å²) in [5, 5.41) is 10.7. The van der Waals surface area contributed by atoms with Crippen LogP contribution in [0.1, 0.15) is 22.9 Å². The van der Waals surface area contributed by atoms with E-state index in [1.54, 1.807) is 0 Å². The van der Waals surface area contributed by atoms with Crippen LogP contribution in [0.4, 0.5) is 5.69 Å². The van der Waals surface area contributed by atoms with E-state index in [0.717, 1.165) is 60.8 Å². The second-order valence-corrected chi connectivity index (χ2v) is 9.59. The van der Waals surface area contributed by atoms with Gasteiger partial charge in [0.1, 0.15) is 17.3 Å². The van der Waals surface area contributed by atoms with E-state index >= 15 is 0 Å². The molecule has 1 aliphatic heterocycles. The average molecular weight is 475 g/mol. The van der Waals surface area contributed by atoms with Crippen LogP contribution in [0.2, 0.25) is 0 Å². The first-order valence-electron chi connectivity index (χ1n) is 12.6. The van der Waals surface area contributed by atoms with E-state index in [9.17, 15) is 0 Å². The summed E-state index contributed by atoms with van der Waals surface area (Å²) in [5.74, 6) is 0. The molecule has 3 nitrogen and oxygen atoms in total. The molecule has 3 heteroatoms. The predicted molar refractivity (Wildman–Crippen MR) is 154 cm³/mol. The molecule has 6 aromatic carbocycles. The maximum atomic E-state index is 6.47. The molecule has 1 aliphatic rings. The minimum absolute atomic E-state index is 0.268. The third kappa shape index (κ3) is 3.04. The normalized spacial score (nSPS) is 15.1. The molecular formula is C34H22N2O. The van der Waals surface area contributed by atoms with Crippen LogP contribution in [0.3, 0.4) is 0 Å². The van der Waals surface area contributed by atoms with Gasteiger partial charge >= 0.3 is 0 Å². The number of hydrogen-bond acceptors (Lipinski definition) is 3. The molecule has 8 rings (SSSR count). The molecule has 1 unspecified atom stereocenters. The number of rotatable bonds is 2. The number of anilines is 1. The van der Waals surface area contributed by atoms with Crippen molar-refractivity contribution in [2.24, 2.45) is 4.99 Å². The average Bonchev–Trinajstić information content (AvgIpc) is 3.36. The van der Waals surface area contributed by atoms with Crippen molar-refractivity contribution in [1.82, 2.24) is 0 Å². The lowest BCUT2D eigenvalue weighted by Crippen LogP contribution is -2.21. The quantitative estimate of drug-likeness (QED) is 0.272. The zero-order chi connectivity index (χ0) is 24.3. The number of nitrogens with zero attached hydrogens (tertiary/aromatic N) is 1. The molecule has 0 saturated carbocycles. The van der Waals surface area contributed by atoms with Crippen LogP contribution in [0, 0.1) is 0 Å². The fourth-order valence-corrected chi connectivity index (χ4v) is 5.77. The first kappa shape index (κ1) is 20.3. The highest BCUT2D eigenvalue weighted by atomic mass is 16.3. The summed E-state index contributed by atoms with van der Waals surface area (Å²) >= 11 is 0. The fraction of sp³-hybridized carbons (Fsp3) is 0.0294. The van der Waals surface area contributed by atoms with Gasteiger partial charge in [-0.25, -0.2) is 0 Å². The molecule has 174 valence electrons. The number of benzene rings is 6. The van der Waals surface area contributed by atoms with Crippen LogP contribution in [0.25, 0.3) is 43.5 Å². The van der Waals surface area contributed by atoms with Gasteiger partial charge in [-0.05, 0) is 22.9 Å². The lowest BCUT2D eigenvalue weighted by molar-refractivity contribution is 0.671. The lowest BCUT2D eigenvalue weighted by Gasteiger charge is -2.28. The van der Waals surface area contributed by atoms with Crippen LogP contribution < -0.4 is 5.32 Å². The Balaban J connectivity index is 1.43. The van der Waals surface area contributed by atoms with E-state index in [2.05, 4.69) is 108 Å². The van der Waals surface area contributed by atoms with Gasteiger partial charge in [0.05, 0.1) is 11.4 Å². The van der Waals surface area contributed by atoms with Crippen LogP contribution >= 0.6 is 0 Å². The van der Waals surface area contributed by atoms with Crippen molar-refractivity contribution in [1.29, 1.82) is 0 Å². The first-order valence-corrected chi connectivity index (χ1v) is 12.6. The minimum Gasteiger partial charge on any atom is -0.455 e. The summed E-state index contributed by atoms with van der Waals surface area (Å²) in [6.07, 6.45) is -0.268. The molecule has 0 amide bonds. The minimum atomic E-state index is -0.268. The van der Waals surface area contributed by atoms with Crippen molar-refractivity contribution < 1.29 is 4.42 Å². The number of nitrogens with one attached hydrogen (secondary N) is 1. The summed E-state index contributed by atoms with van der Waals surface area (Å²) < 4.78 is 6.47.